The number of esters is 1. The van der Waals surface area contributed by atoms with Gasteiger partial charge < -0.3 is 19.7 Å². The van der Waals surface area contributed by atoms with E-state index in [9.17, 15) is 9.59 Å². The van der Waals surface area contributed by atoms with Crippen molar-refractivity contribution in [1.82, 2.24) is 10.2 Å². The van der Waals surface area contributed by atoms with E-state index < -0.39 is 17.6 Å². The van der Waals surface area contributed by atoms with Crippen LogP contribution in [0.3, 0.4) is 0 Å². The molecule has 3 rings (SSSR count). The van der Waals surface area contributed by atoms with Crippen LogP contribution in [0.1, 0.15) is 57.9 Å². The zero-order valence-corrected chi connectivity index (χ0v) is 17.3. The van der Waals surface area contributed by atoms with E-state index in [0.29, 0.717) is 12.1 Å². The number of amides is 1. The number of rotatable bonds is 5. The minimum absolute atomic E-state index is 0.0473. The lowest BCUT2D eigenvalue weighted by Crippen LogP contribution is -2.44. The van der Waals surface area contributed by atoms with Gasteiger partial charge in [0.25, 0.3) is 0 Å². The maximum atomic E-state index is 13.0. The van der Waals surface area contributed by atoms with Crippen molar-refractivity contribution in [2.75, 3.05) is 13.6 Å². The Labute approximate surface area is 167 Å². The molecule has 1 aromatic carbocycles. The maximum Gasteiger partial charge on any atom is 0.407 e. The molecule has 28 heavy (non-hydrogen) atoms. The largest absolute Gasteiger partial charge is 0.462 e. The molecular formula is C22H32N2O4. The third kappa shape index (κ3) is 5.25. The molecule has 3 unspecified atom stereocenters. The first-order valence-electron chi connectivity index (χ1n) is 10.2. The van der Waals surface area contributed by atoms with Crippen LogP contribution in [0.2, 0.25) is 0 Å². The van der Waals surface area contributed by atoms with Gasteiger partial charge in [-0.15, -0.1) is 0 Å². The zero-order valence-electron chi connectivity index (χ0n) is 17.3. The highest BCUT2D eigenvalue weighted by Crippen LogP contribution is 2.36. The van der Waals surface area contributed by atoms with Crippen molar-refractivity contribution in [2.45, 2.75) is 76.2 Å². The summed E-state index contributed by atoms with van der Waals surface area (Å²) >= 11 is 0. The number of hydrogen-bond acceptors (Lipinski definition) is 5. The predicted octanol–water partition coefficient (Wildman–Crippen LogP) is 3.46. The van der Waals surface area contributed by atoms with Gasteiger partial charge in [0, 0.05) is 18.6 Å². The quantitative estimate of drug-likeness (QED) is 0.783. The van der Waals surface area contributed by atoms with Gasteiger partial charge in [-0.25, -0.2) is 4.79 Å². The second-order valence-corrected chi connectivity index (χ2v) is 8.93. The first-order chi connectivity index (χ1) is 13.2. The highest BCUT2D eigenvalue weighted by Gasteiger charge is 2.40. The van der Waals surface area contributed by atoms with Gasteiger partial charge >= 0.3 is 12.1 Å². The normalized spacial score (nSPS) is 25.8. The lowest BCUT2D eigenvalue weighted by molar-refractivity contribution is -0.154. The molecule has 2 aliphatic rings. The van der Waals surface area contributed by atoms with Gasteiger partial charge in [-0.1, -0.05) is 30.3 Å². The Morgan fingerprint density at radius 2 is 1.75 bits per heavy atom. The third-order valence-electron chi connectivity index (χ3n) is 5.67. The molecule has 0 saturated carbocycles. The fourth-order valence-corrected chi connectivity index (χ4v) is 4.23. The Morgan fingerprint density at radius 3 is 2.32 bits per heavy atom. The van der Waals surface area contributed by atoms with Gasteiger partial charge in [0.2, 0.25) is 0 Å². The number of alkyl carbamates (subject to hydrolysis) is 1. The summed E-state index contributed by atoms with van der Waals surface area (Å²) in [6, 6.07) is 10.5. The summed E-state index contributed by atoms with van der Waals surface area (Å²) < 4.78 is 11.2. The fraction of sp³-hybridized carbons (Fsp3) is 0.636. The number of nitrogens with one attached hydrogen (secondary N) is 1. The van der Waals surface area contributed by atoms with Crippen LogP contribution in [0, 0.1) is 0 Å². The Hall–Kier alpha value is -2.08. The third-order valence-corrected chi connectivity index (χ3v) is 5.67. The van der Waals surface area contributed by atoms with E-state index in [1.54, 1.807) is 0 Å². The molecule has 2 fully saturated rings. The molecule has 1 amide bonds. The van der Waals surface area contributed by atoms with Crippen LogP contribution in [-0.4, -0.2) is 54.3 Å². The first-order valence-corrected chi connectivity index (χ1v) is 10.2. The van der Waals surface area contributed by atoms with Gasteiger partial charge in [-0.05, 0) is 59.1 Å². The maximum absolute atomic E-state index is 13.0. The summed E-state index contributed by atoms with van der Waals surface area (Å²) in [6.45, 7) is 5.58. The van der Waals surface area contributed by atoms with E-state index >= 15 is 0 Å². The monoisotopic (exact) mass is 388 g/mol. The molecule has 3 atom stereocenters. The number of benzene rings is 1. The Morgan fingerprint density at radius 1 is 1.14 bits per heavy atom. The molecule has 6 heteroatoms. The Balaban J connectivity index is 1.63. The van der Waals surface area contributed by atoms with Crippen LogP contribution in [0.25, 0.3) is 0 Å². The number of hydrogen-bond donors (Lipinski definition) is 1. The molecule has 154 valence electrons. The molecule has 2 bridgehead atoms. The van der Waals surface area contributed by atoms with E-state index in [0.717, 1.165) is 18.4 Å². The highest BCUT2D eigenvalue weighted by atomic mass is 16.6. The van der Waals surface area contributed by atoms with Gasteiger partial charge in [0.05, 0.1) is 5.92 Å². The van der Waals surface area contributed by atoms with Crippen LogP contribution in [0.5, 0.6) is 0 Å². The minimum Gasteiger partial charge on any atom is -0.462 e. The standard InChI is InChI=1S/C22H32N2O4/c1-22(2,3)28-21(26)23-14-19(15-8-6-5-7-9-15)20(25)27-18-12-16-10-11-17(13-18)24(16)4/h5-9,16-19H,10-14H2,1-4H3,(H,23,26). The molecule has 0 aromatic heterocycles. The second kappa shape index (κ2) is 8.52. The van der Waals surface area contributed by atoms with Crippen molar-refractivity contribution in [3.63, 3.8) is 0 Å². The second-order valence-electron chi connectivity index (χ2n) is 8.93. The van der Waals surface area contributed by atoms with Crippen LogP contribution in [0.4, 0.5) is 4.79 Å². The molecule has 2 saturated heterocycles. The Bertz CT molecular complexity index is 672. The molecule has 6 nitrogen and oxygen atoms in total. The predicted molar refractivity (Wildman–Crippen MR) is 107 cm³/mol. The fourth-order valence-electron chi connectivity index (χ4n) is 4.23. The number of fused-ring (bicyclic) bond motifs is 2. The zero-order chi connectivity index (χ0) is 20.3. The molecular weight excluding hydrogens is 356 g/mol. The summed E-state index contributed by atoms with van der Waals surface area (Å²) in [5.74, 6) is -0.831. The average molecular weight is 389 g/mol. The molecule has 1 aromatic rings. The summed E-state index contributed by atoms with van der Waals surface area (Å²) in [4.78, 5) is 27.5. The molecule has 2 aliphatic heterocycles. The number of piperidine rings is 1. The molecule has 0 spiro atoms. The van der Waals surface area contributed by atoms with Crippen molar-refractivity contribution in [2.24, 2.45) is 0 Å². The Kier molecular flexibility index (Phi) is 6.28. The van der Waals surface area contributed by atoms with Crippen molar-refractivity contribution >= 4 is 12.1 Å². The number of nitrogens with zero attached hydrogens (tertiary/aromatic N) is 1. The van der Waals surface area contributed by atoms with E-state index in [2.05, 4.69) is 17.3 Å². The van der Waals surface area contributed by atoms with E-state index in [4.69, 9.17) is 9.47 Å². The molecule has 2 heterocycles. The van der Waals surface area contributed by atoms with Gasteiger partial charge in [-0.3, -0.25) is 4.79 Å². The summed E-state index contributed by atoms with van der Waals surface area (Å²) in [7, 11) is 2.16. The smallest absolute Gasteiger partial charge is 0.407 e. The molecule has 0 radical (unpaired) electrons. The van der Waals surface area contributed by atoms with Crippen LogP contribution in [-0.2, 0) is 14.3 Å². The summed E-state index contributed by atoms with van der Waals surface area (Å²) in [6.07, 6.45) is 3.56. The van der Waals surface area contributed by atoms with E-state index in [-0.39, 0.29) is 18.6 Å². The summed E-state index contributed by atoms with van der Waals surface area (Å²) in [5.41, 5.74) is 0.250. The number of ether oxygens (including phenoxy) is 2. The number of carbonyl (C=O) groups is 2. The van der Waals surface area contributed by atoms with Gasteiger partial charge in [-0.2, -0.15) is 0 Å². The first kappa shape index (κ1) is 20.6. The lowest BCUT2D eigenvalue weighted by Gasteiger charge is -2.36. The summed E-state index contributed by atoms with van der Waals surface area (Å²) in [5, 5.41) is 2.72. The van der Waals surface area contributed by atoms with Crippen LogP contribution in [0.15, 0.2) is 30.3 Å². The minimum atomic E-state index is -0.583. The SMILES string of the molecule is CN1C2CCC1CC(OC(=O)C(CNC(=O)OC(C)(C)C)c1ccccc1)C2. The highest BCUT2D eigenvalue weighted by molar-refractivity contribution is 5.79. The van der Waals surface area contributed by atoms with Crippen molar-refractivity contribution < 1.29 is 19.1 Å². The lowest BCUT2D eigenvalue weighted by atomic mass is 9.97. The number of carbonyl (C=O) groups excluding carboxylic acids is 2. The van der Waals surface area contributed by atoms with Crippen molar-refractivity contribution in [3.05, 3.63) is 35.9 Å². The topological polar surface area (TPSA) is 67.9 Å². The molecule has 0 aliphatic carbocycles. The van der Waals surface area contributed by atoms with E-state index in [1.165, 1.54) is 12.8 Å². The molecule has 1 N–H and O–H groups in total. The average Bonchev–Trinajstić information content (AvgIpc) is 2.82. The van der Waals surface area contributed by atoms with Crippen molar-refractivity contribution in [1.29, 1.82) is 0 Å². The van der Waals surface area contributed by atoms with E-state index in [1.807, 2.05) is 51.1 Å². The van der Waals surface area contributed by atoms with Crippen LogP contribution >= 0.6 is 0 Å². The van der Waals surface area contributed by atoms with Gasteiger partial charge in [0.15, 0.2) is 0 Å². The van der Waals surface area contributed by atoms with Gasteiger partial charge in [0.1, 0.15) is 11.7 Å². The van der Waals surface area contributed by atoms with Crippen LogP contribution < -0.4 is 5.32 Å². The van der Waals surface area contributed by atoms with Crippen molar-refractivity contribution in [3.8, 4) is 0 Å².